The molecule has 0 radical (unpaired) electrons. The lowest BCUT2D eigenvalue weighted by molar-refractivity contribution is 0.923. The van der Waals surface area contributed by atoms with Crippen molar-refractivity contribution in [2.75, 3.05) is 5.32 Å². The van der Waals surface area contributed by atoms with E-state index in [0.717, 1.165) is 41.2 Å². The van der Waals surface area contributed by atoms with E-state index in [0.29, 0.717) is 4.99 Å². The second-order valence-electron chi connectivity index (χ2n) is 5.17. The number of hydrogen-bond donors (Lipinski definition) is 2. The number of aryl methyl sites for hydroxylation is 3. The first-order chi connectivity index (χ1) is 10.0. The van der Waals surface area contributed by atoms with Crippen LogP contribution >= 0.6 is 12.2 Å². The minimum atomic E-state index is 0.371. The number of pyridine rings is 1. The van der Waals surface area contributed by atoms with Crippen molar-refractivity contribution in [1.82, 2.24) is 4.98 Å². The molecule has 0 amide bonds. The molecule has 0 aliphatic heterocycles. The number of nitrogens with one attached hydrogen (secondary N) is 1. The van der Waals surface area contributed by atoms with Gasteiger partial charge in [0.25, 0.3) is 0 Å². The van der Waals surface area contributed by atoms with Crippen LogP contribution in [-0.2, 0) is 6.42 Å². The molecule has 0 unspecified atom stereocenters. The Morgan fingerprint density at radius 3 is 2.62 bits per heavy atom. The van der Waals surface area contributed by atoms with Gasteiger partial charge in [-0.25, -0.2) is 0 Å². The van der Waals surface area contributed by atoms with Gasteiger partial charge >= 0.3 is 0 Å². The normalized spacial score (nSPS) is 10.4. The summed E-state index contributed by atoms with van der Waals surface area (Å²) < 4.78 is 0. The van der Waals surface area contributed by atoms with Crippen LogP contribution in [0.1, 0.15) is 35.9 Å². The highest BCUT2D eigenvalue weighted by Crippen LogP contribution is 2.26. The summed E-state index contributed by atoms with van der Waals surface area (Å²) in [7, 11) is 0. The third-order valence-corrected chi connectivity index (χ3v) is 3.58. The standard InChI is InChI=1S/C17H21N3S/c1-4-7-13-8-5-6-9-14(13)20-15-10-11(2)19-12(3)16(15)17(18)21/h5-6,8-10H,4,7H2,1-3H3,(H2,18,21)(H,19,20). The summed E-state index contributed by atoms with van der Waals surface area (Å²) in [5.74, 6) is 0. The zero-order valence-corrected chi connectivity index (χ0v) is 13.6. The largest absolute Gasteiger partial charge is 0.389 e. The first-order valence-corrected chi connectivity index (χ1v) is 7.56. The van der Waals surface area contributed by atoms with Crippen LogP contribution in [0.4, 0.5) is 11.4 Å². The van der Waals surface area contributed by atoms with E-state index in [4.69, 9.17) is 18.0 Å². The van der Waals surface area contributed by atoms with E-state index in [1.54, 1.807) is 0 Å². The minimum absolute atomic E-state index is 0.371. The molecule has 0 aliphatic rings. The molecule has 1 aromatic carbocycles. The molecule has 2 rings (SSSR count). The molecule has 110 valence electrons. The zero-order valence-electron chi connectivity index (χ0n) is 12.7. The molecule has 3 N–H and O–H groups in total. The quantitative estimate of drug-likeness (QED) is 0.818. The fourth-order valence-electron chi connectivity index (χ4n) is 2.51. The maximum atomic E-state index is 5.87. The number of aromatic nitrogens is 1. The van der Waals surface area contributed by atoms with E-state index in [-0.39, 0.29) is 0 Å². The van der Waals surface area contributed by atoms with Crippen molar-refractivity contribution in [2.24, 2.45) is 5.73 Å². The molecular weight excluding hydrogens is 278 g/mol. The number of para-hydroxylation sites is 1. The van der Waals surface area contributed by atoms with E-state index < -0.39 is 0 Å². The van der Waals surface area contributed by atoms with Crippen molar-refractivity contribution in [3.63, 3.8) is 0 Å². The zero-order chi connectivity index (χ0) is 15.4. The van der Waals surface area contributed by atoms with Crippen molar-refractivity contribution >= 4 is 28.6 Å². The van der Waals surface area contributed by atoms with Crippen LogP contribution in [0.3, 0.4) is 0 Å². The lowest BCUT2D eigenvalue weighted by atomic mass is 10.1. The van der Waals surface area contributed by atoms with Crippen LogP contribution in [0.2, 0.25) is 0 Å². The molecule has 0 saturated heterocycles. The number of hydrogen-bond acceptors (Lipinski definition) is 3. The summed E-state index contributed by atoms with van der Waals surface area (Å²) in [5, 5.41) is 3.48. The molecule has 1 aromatic heterocycles. The highest BCUT2D eigenvalue weighted by molar-refractivity contribution is 7.80. The highest BCUT2D eigenvalue weighted by Gasteiger charge is 2.12. The van der Waals surface area contributed by atoms with E-state index in [2.05, 4.69) is 35.4 Å². The molecule has 0 aliphatic carbocycles. The van der Waals surface area contributed by atoms with Gasteiger partial charge in [-0.05, 0) is 38.0 Å². The molecule has 2 aromatic rings. The van der Waals surface area contributed by atoms with Crippen LogP contribution in [0.25, 0.3) is 0 Å². The van der Waals surface area contributed by atoms with Crippen LogP contribution in [0, 0.1) is 13.8 Å². The molecule has 0 spiro atoms. The molecule has 21 heavy (non-hydrogen) atoms. The topological polar surface area (TPSA) is 50.9 Å². The average Bonchev–Trinajstić information content (AvgIpc) is 2.40. The summed E-state index contributed by atoms with van der Waals surface area (Å²) >= 11 is 5.18. The molecule has 1 heterocycles. The second-order valence-corrected chi connectivity index (χ2v) is 5.61. The van der Waals surface area contributed by atoms with Crippen LogP contribution < -0.4 is 11.1 Å². The molecule has 0 atom stereocenters. The van der Waals surface area contributed by atoms with Crippen molar-refractivity contribution in [3.8, 4) is 0 Å². The second kappa shape index (κ2) is 6.68. The van der Waals surface area contributed by atoms with Crippen molar-refractivity contribution < 1.29 is 0 Å². The van der Waals surface area contributed by atoms with Gasteiger partial charge in [0.05, 0.1) is 11.3 Å². The van der Waals surface area contributed by atoms with E-state index in [9.17, 15) is 0 Å². The third kappa shape index (κ3) is 3.58. The van der Waals surface area contributed by atoms with Gasteiger partial charge in [-0.1, -0.05) is 43.8 Å². The van der Waals surface area contributed by atoms with Crippen molar-refractivity contribution in [2.45, 2.75) is 33.6 Å². The summed E-state index contributed by atoms with van der Waals surface area (Å²) in [6.45, 7) is 6.09. The summed E-state index contributed by atoms with van der Waals surface area (Å²) in [4.78, 5) is 4.82. The summed E-state index contributed by atoms with van der Waals surface area (Å²) in [6, 6.07) is 10.3. The Morgan fingerprint density at radius 1 is 1.24 bits per heavy atom. The average molecular weight is 299 g/mol. The van der Waals surface area contributed by atoms with Gasteiger partial charge < -0.3 is 11.1 Å². The van der Waals surface area contributed by atoms with Crippen molar-refractivity contribution in [1.29, 1.82) is 0 Å². The third-order valence-electron chi connectivity index (χ3n) is 3.38. The van der Waals surface area contributed by atoms with Gasteiger partial charge in [0.1, 0.15) is 4.99 Å². The van der Waals surface area contributed by atoms with Crippen LogP contribution in [0.15, 0.2) is 30.3 Å². The first kappa shape index (κ1) is 15.4. The van der Waals surface area contributed by atoms with Gasteiger partial charge in [-0.15, -0.1) is 0 Å². The SMILES string of the molecule is CCCc1ccccc1Nc1cc(C)nc(C)c1C(N)=S. The smallest absolute Gasteiger partial charge is 0.107 e. The molecule has 0 fully saturated rings. The van der Waals surface area contributed by atoms with Crippen LogP contribution in [-0.4, -0.2) is 9.97 Å². The maximum Gasteiger partial charge on any atom is 0.107 e. The Kier molecular flexibility index (Phi) is 4.91. The van der Waals surface area contributed by atoms with E-state index in [1.165, 1.54) is 5.56 Å². The number of anilines is 2. The minimum Gasteiger partial charge on any atom is -0.389 e. The van der Waals surface area contributed by atoms with Crippen molar-refractivity contribution in [3.05, 3.63) is 52.8 Å². The fourth-order valence-corrected chi connectivity index (χ4v) is 2.77. The fraction of sp³-hybridized carbons (Fsp3) is 0.294. The van der Waals surface area contributed by atoms with E-state index in [1.807, 2.05) is 26.0 Å². The molecule has 0 saturated carbocycles. The Balaban J connectivity index is 2.47. The molecule has 0 bridgehead atoms. The first-order valence-electron chi connectivity index (χ1n) is 7.16. The van der Waals surface area contributed by atoms with Gasteiger partial charge in [0.15, 0.2) is 0 Å². The van der Waals surface area contributed by atoms with E-state index >= 15 is 0 Å². The monoisotopic (exact) mass is 299 g/mol. The summed E-state index contributed by atoms with van der Waals surface area (Å²) in [5.41, 5.74) is 11.8. The van der Waals surface area contributed by atoms with Gasteiger partial charge in [0.2, 0.25) is 0 Å². The Labute approximate surface area is 131 Å². The Hall–Kier alpha value is -1.94. The number of benzene rings is 1. The highest BCUT2D eigenvalue weighted by atomic mass is 32.1. The number of rotatable bonds is 5. The molecule has 3 nitrogen and oxygen atoms in total. The predicted molar refractivity (Wildman–Crippen MR) is 93.3 cm³/mol. The predicted octanol–water partition coefficient (Wildman–Crippen LogP) is 4.03. The number of nitrogens with two attached hydrogens (primary N) is 1. The Bertz CT molecular complexity index is 665. The Morgan fingerprint density at radius 2 is 1.95 bits per heavy atom. The lowest BCUT2D eigenvalue weighted by Crippen LogP contribution is -2.15. The maximum absolute atomic E-state index is 5.87. The van der Waals surface area contributed by atoms with Gasteiger partial charge in [-0.3, -0.25) is 4.98 Å². The van der Waals surface area contributed by atoms with Gasteiger partial charge in [-0.2, -0.15) is 0 Å². The molecule has 4 heteroatoms. The van der Waals surface area contributed by atoms with Crippen LogP contribution in [0.5, 0.6) is 0 Å². The number of thiocarbonyl (C=S) groups is 1. The van der Waals surface area contributed by atoms with Gasteiger partial charge in [0, 0.05) is 17.1 Å². The molecular formula is C17H21N3S. The summed E-state index contributed by atoms with van der Waals surface area (Å²) in [6.07, 6.45) is 2.14. The number of nitrogens with zero attached hydrogens (tertiary/aromatic N) is 1. The lowest BCUT2D eigenvalue weighted by Gasteiger charge is -2.16.